The maximum Gasteiger partial charge on any atom is 0.347 e. The van der Waals surface area contributed by atoms with Crippen molar-refractivity contribution in [3.63, 3.8) is 0 Å². The van der Waals surface area contributed by atoms with Gasteiger partial charge in [-0.15, -0.1) is 11.3 Å². The summed E-state index contributed by atoms with van der Waals surface area (Å²) in [5.74, 6) is 0.449. The summed E-state index contributed by atoms with van der Waals surface area (Å²) in [4.78, 5) is 15.7. The molecule has 0 aliphatic heterocycles. The Balaban J connectivity index is 1.81. The number of hydrogen-bond donors (Lipinski definition) is 1. The molecule has 0 unspecified atom stereocenters. The van der Waals surface area contributed by atoms with E-state index in [4.69, 9.17) is 21.4 Å². The first-order valence-corrected chi connectivity index (χ1v) is 8.38. The monoisotopic (exact) mass is 359 g/mol. The normalized spacial score (nSPS) is 10.6. The second-order valence-corrected chi connectivity index (χ2v) is 6.68. The molecule has 0 saturated heterocycles. The van der Waals surface area contributed by atoms with E-state index in [9.17, 15) is 4.79 Å². The van der Waals surface area contributed by atoms with Crippen molar-refractivity contribution in [1.29, 1.82) is 0 Å². The van der Waals surface area contributed by atoms with Gasteiger partial charge in [-0.3, -0.25) is 0 Å². The van der Waals surface area contributed by atoms with Gasteiger partial charge in [0.15, 0.2) is 0 Å². The number of halogens is 1. The maximum absolute atomic E-state index is 11.1. The molecule has 122 valence electrons. The Labute approximate surface area is 148 Å². The summed E-state index contributed by atoms with van der Waals surface area (Å²) in [5.41, 5.74) is 2.33. The van der Waals surface area contributed by atoms with Crippen LogP contribution in [0.25, 0.3) is 10.6 Å². The standard InChI is InChI=1S/C18H14ClNO3S/c1-10-9-14(7-8-15(10)19)23-13-5-3-12(4-6-13)17-20-11(2)16(24-17)18(21)22/h3-9H,1-2H3,(H,21,22). The van der Waals surface area contributed by atoms with Crippen LogP contribution in [0.15, 0.2) is 42.5 Å². The van der Waals surface area contributed by atoms with Crippen molar-refractivity contribution in [2.24, 2.45) is 0 Å². The number of carbonyl (C=O) groups is 1. The van der Waals surface area contributed by atoms with Crippen LogP contribution in [0.4, 0.5) is 0 Å². The van der Waals surface area contributed by atoms with Crippen LogP contribution in [0, 0.1) is 13.8 Å². The van der Waals surface area contributed by atoms with Crippen LogP contribution in [0.5, 0.6) is 11.5 Å². The first-order valence-electron chi connectivity index (χ1n) is 7.19. The minimum absolute atomic E-state index is 0.266. The van der Waals surface area contributed by atoms with E-state index in [1.54, 1.807) is 13.0 Å². The third kappa shape index (κ3) is 3.42. The summed E-state index contributed by atoms with van der Waals surface area (Å²) in [6.45, 7) is 3.62. The van der Waals surface area contributed by atoms with E-state index >= 15 is 0 Å². The zero-order valence-electron chi connectivity index (χ0n) is 13.0. The summed E-state index contributed by atoms with van der Waals surface area (Å²) >= 11 is 7.17. The molecule has 0 aliphatic rings. The van der Waals surface area contributed by atoms with Crippen molar-refractivity contribution in [3.05, 3.63) is 63.6 Å². The molecule has 3 rings (SSSR count). The molecule has 0 aliphatic carbocycles. The van der Waals surface area contributed by atoms with Crippen LogP contribution in [0.3, 0.4) is 0 Å². The van der Waals surface area contributed by atoms with Gasteiger partial charge in [0.2, 0.25) is 0 Å². The molecule has 6 heteroatoms. The Morgan fingerprint density at radius 1 is 1.12 bits per heavy atom. The minimum atomic E-state index is -0.950. The summed E-state index contributed by atoms with van der Waals surface area (Å²) in [6, 6.07) is 12.9. The molecule has 24 heavy (non-hydrogen) atoms. The quantitative estimate of drug-likeness (QED) is 0.661. The van der Waals surface area contributed by atoms with E-state index in [0.717, 1.165) is 11.1 Å². The van der Waals surface area contributed by atoms with E-state index in [1.807, 2.05) is 43.3 Å². The lowest BCUT2D eigenvalue weighted by atomic mass is 10.2. The van der Waals surface area contributed by atoms with Crippen molar-refractivity contribution in [2.45, 2.75) is 13.8 Å². The molecule has 0 amide bonds. The van der Waals surface area contributed by atoms with E-state index in [-0.39, 0.29) is 4.88 Å². The number of thiazole rings is 1. The number of aromatic nitrogens is 1. The lowest BCUT2D eigenvalue weighted by Gasteiger charge is -2.07. The fourth-order valence-corrected chi connectivity index (χ4v) is 3.23. The Kier molecular flexibility index (Phi) is 4.55. The SMILES string of the molecule is Cc1cc(Oc2ccc(-c3nc(C)c(C(=O)O)s3)cc2)ccc1Cl. The first-order chi connectivity index (χ1) is 11.4. The van der Waals surface area contributed by atoms with E-state index in [0.29, 0.717) is 27.2 Å². The van der Waals surface area contributed by atoms with Crippen molar-refractivity contribution < 1.29 is 14.6 Å². The number of carboxylic acids is 1. The lowest BCUT2D eigenvalue weighted by Crippen LogP contribution is -1.94. The van der Waals surface area contributed by atoms with Crippen LogP contribution in [0.1, 0.15) is 20.9 Å². The van der Waals surface area contributed by atoms with Gasteiger partial charge < -0.3 is 9.84 Å². The lowest BCUT2D eigenvalue weighted by molar-refractivity contribution is 0.0701. The molecule has 1 N–H and O–H groups in total. The summed E-state index contributed by atoms with van der Waals surface area (Å²) < 4.78 is 5.80. The third-order valence-electron chi connectivity index (χ3n) is 3.46. The molecule has 1 aromatic heterocycles. The summed E-state index contributed by atoms with van der Waals surface area (Å²) in [5, 5.41) is 10.5. The molecule has 4 nitrogen and oxygen atoms in total. The highest BCUT2D eigenvalue weighted by Crippen LogP contribution is 2.31. The van der Waals surface area contributed by atoms with Gasteiger partial charge in [-0.2, -0.15) is 0 Å². The van der Waals surface area contributed by atoms with Gasteiger partial charge in [-0.1, -0.05) is 11.6 Å². The molecule has 0 atom stereocenters. The van der Waals surface area contributed by atoms with Crippen LogP contribution < -0.4 is 4.74 Å². The Morgan fingerprint density at radius 2 is 1.79 bits per heavy atom. The second kappa shape index (κ2) is 6.63. The van der Waals surface area contributed by atoms with E-state index in [1.165, 1.54) is 11.3 Å². The molecular formula is C18H14ClNO3S. The number of nitrogens with zero attached hydrogens (tertiary/aromatic N) is 1. The Hall–Kier alpha value is -2.37. The highest BCUT2D eigenvalue weighted by Gasteiger charge is 2.15. The van der Waals surface area contributed by atoms with Crippen LogP contribution in [-0.4, -0.2) is 16.1 Å². The van der Waals surface area contributed by atoms with E-state index < -0.39 is 5.97 Å². The highest BCUT2D eigenvalue weighted by atomic mass is 35.5. The van der Waals surface area contributed by atoms with Gasteiger partial charge in [0, 0.05) is 10.6 Å². The molecule has 0 spiro atoms. The zero-order chi connectivity index (χ0) is 17.3. The number of rotatable bonds is 4. The van der Waals surface area contributed by atoms with Crippen molar-refractivity contribution in [1.82, 2.24) is 4.98 Å². The number of hydrogen-bond acceptors (Lipinski definition) is 4. The van der Waals surface area contributed by atoms with Gasteiger partial charge in [-0.25, -0.2) is 9.78 Å². The highest BCUT2D eigenvalue weighted by molar-refractivity contribution is 7.17. The zero-order valence-corrected chi connectivity index (χ0v) is 14.6. The van der Waals surface area contributed by atoms with Crippen molar-refractivity contribution in [2.75, 3.05) is 0 Å². The maximum atomic E-state index is 11.1. The van der Waals surface area contributed by atoms with Crippen LogP contribution in [-0.2, 0) is 0 Å². The fourth-order valence-electron chi connectivity index (χ4n) is 2.20. The van der Waals surface area contributed by atoms with Gasteiger partial charge in [0.1, 0.15) is 21.4 Å². The number of aromatic carboxylic acids is 1. The number of benzene rings is 2. The third-order valence-corrected chi connectivity index (χ3v) is 5.08. The number of carboxylic acid groups (broad SMARTS) is 1. The molecule has 0 fully saturated rings. The molecule has 0 bridgehead atoms. The van der Waals surface area contributed by atoms with Crippen molar-refractivity contribution >= 4 is 28.9 Å². The van der Waals surface area contributed by atoms with Gasteiger partial charge in [0.05, 0.1) is 5.69 Å². The smallest absolute Gasteiger partial charge is 0.347 e. The van der Waals surface area contributed by atoms with Gasteiger partial charge in [0.25, 0.3) is 0 Å². The molecule has 0 saturated carbocycles. The largest absolute Gasteiger partial charge is 0.477 e. The van der Waals surface area contributed by atoms with Crippen molar-refractivity contribution in [3.8, 4) is 22.1 Å². The summed E-state index contributed by atoms with van der Waals surface area (Å²) in [7, 11) is 0. The average Bonchev–Trinajstić information content (AvgIpc) is 2.94. The predicted molar refractivity (Wildman–Crippen MR) is 95.5 cm³/mol. The first kappa shape index (κ1) is 16.5. The van der Waals surface area contributed by atoms with Gasteiger partial charge >= 0.3 is 5.97 Å². The number of aryl methyl sites for hydroxylation is 2. The van der Waals surface area contributed by atoms with Crippen LogP contribution >= 0.6 is 22.9 Å². The van der Waals surface area contributed by atoms with E-state index in [2.05, 4.69) is 4.98 Å². The molecule has 0 radical (unpaired) electrons. The predicted octanol–water partition coefficient (Wildman–Crippen LogP) is 5.57. The topological polar surface area (TPSA) is 59.4 Å². The molecule has 1 heterocycles. The second-order valence-electron chi connectivity index (χ2n) is 5.28. The molecular weight excluding hydrogens is 346 g/mol. The average molecular weight is 360 g/mol. The fraction of sp³-hybridized carbons (Fsp3) is 0.111. The van der Waals surface area contributed by atoms with Crippen LogP contribution in [0.2, 0.25) is 5.02 Å². The molecule has 2 aromatic carbocycles. The minimum Gasteiger partial charge on any atom is -0.477 e. The molecule has 3 aromatic rings. The Morgan fingerprint density at radius 3 is 2.38 bits per heavy atom. The number of ether oxygens (including phenoxy) is 1. The Bertz CT molecular complexity index is 903. The summed E-state index contributed by atoms with van der Waals surface area (Å²) in [6.07, 6.45) is 0. The van der Waals surface area contributed by atoms with Gasteiger partial charge in [-0.05, 0) is 61.9 Å².